The Morgan fingerprint density at radius 2 is 1.81 bits per heavy atom. The number of anilines is 1. The van der Waals surface area contributed by atoms with E-state index in [9.17, 15) is 5.11 Å². The van der Waals surface area contributed by atoms with Crippen LogP contribution in [-0.4, -0.2) is 68.5 Å². The minimum Gasteiger partial charge on any atom is -0.506 e. The molecular formula is C24H32N6O. The van der Waals surface area contributed by atoms with Gasteiger partial charge in [0.25, 0.3) is 0 Å². The Hall–Kier alpha value is -2.64. The Balaban J connectivity index is 1.43. The number of nitrogens with zero attached hydrogens (tertiary/aromatic N) is 5. The first-order chi connectivity index (χ1) is 15.0. The highest BCUT2D eigenvalue weighted by Gasteiger charge is 2.31. The number of nitrogens with two attached hydrogens (primary N) is 1. The summed E-state index contributed by atoms with van der Waals surface area (Å²) in [6, 6.07) is 6.08. The summed E-state index contributed by atoms with van der Waals surface area (Å²) >= 11 is 0. The number of rotatable bonds is 3. The molecule has 1 aliphatic carbocycles. The van der Waals surface area contributed by atoms with Gasteiger partial charge < -0.3 is 15.7 Å². The molecule has 1 aliphatic heterocycles. The van der Waals surface area contributed by atoms with E-state index in [1.165, 1.54) is 39.0 Å². The van der Waals surface area contributed by atoms with Crippen LogP contribution in [0.1, 0.15) is 43.1 Å². The fourth-order valence-corrected chi connectivity index (χ4v) is 5.29. The van der Waals surface area contributed by atoms with Crippen LogP contribution in [0, 0.1) is 6.92 Å². The first kappa shape index (κ1) is 20.3. The van der Waals surface area contributed by atoms with E-state index in [0.29, 0.717) is 17.6 Å². The van der Waals surface area contributed by atoms with E-state index in [1.54, 1.807) is 12.1 Å². The van der Waals surface area contributed by atoms with Gasteiger partial charge in [-0.15, -0.1) is 0 Å². The first-order valence-corrected chi connectivity index (χ1v) is 11.4. The molecule has 5 rings (SSSR count). The monoisotopic (exact) mass is 420 g/mol. The summed E-state index contributed by atoms with van der Waals surface area (Å²) in [5.74, 6) is 1.65. The topological polar surface area (TPSA) is 82.9 Å². The standard InChI is InChI=1S/C24H32N6O/c1-16-23-22(18-5-8-20(25)21(31)15-18)27-24(30(23)10-9-26-16)17-3-6-19(7-4-17)29-13-11-28(2)12-14-29/h5,8-10,15,17,19,31H,3-4,6-7,11-14,25H2,1-2H3. The van der Waals surface area contributed by atoms with E-state index in [2.05, 4.69) is 26.2 Å². The molecule has 0 amide bonds. The zero-order chi connectivity index (χ0) is 21.5. The van der Waals surface area contributed by atoms with E-state index in [4.69, 9.17) is 10.7 Å². The lowest BCUT2D eigenvalue weighted by atomic mass is 9.84. The van der Waals surface area contributed by atoms with Crippen molar-refractivity contribution in [3.63, 3.8) is 0 Å². The van der Waals surface area contributed by atoms with Gasteiger partial charge in [0, 0.05) is 56.1 Å². The Kier molecular flexibility index (Phi) is 5.32. The van der Waals surface area contributed by atoms with Gasteiger partial charge in [-0.3, -0.25) is 14.3 Å². The van der Waals surface area contributed by atoms with Gasteiger partial charge in [0.1, 0.15) is 11.6 Å². The van der Waals surface area contributed by atoms with Gasteiger partial charge in [0.15, 0.2) is 0 Å². The third kappa shape index (κ3) is 3.77. The van der Waals surface area contributed by atoms with Crippen molar-refractivity contribution < 1.29 is 5.11 Å². The maximum absolute atomic E-state index is 10.1. The number of fused-ring (bicyclic) bond motifs is 1. The highest BCUT2D eigenvalue weighted by atomic mass is 16.3. The quantitative estimate of drug-likeness (QED) is 0.500. The Morgan fingerprint density at radius 1 is 1.06 bits per heavy atom. The summed E-state index contributed by atoms with van der Waals surface area (Å²) in [6.45, 7) is 6.75. The minimum absolute atomic E-state index is 0.0921. The average Bonchev–Trinajstić information content (AvgIpc) is 3.17. The average molecular weight is 421 g/mol. The molecule has 1 saturated heterocycles. The molecule has 7 nitrogen and oxygen atoms in total. The second-order valence-electron chi connectivity index (χ2n) is 9.17. The van der Waals surface area contributed by atoms with Crippen LogP contribution >= 0.6 is 0 Å². The third-order valence-electron chi connectivity index (χ3n) is 7.18. The van der Waals surface area contributed by atoms with Crippen molar-refractivity contribution in [3.05, 3.63) is 42.1 Å². The zero-order valence-electron chi connectivity index (χ0n) is 18.5. The van der Waals surface area contributed by atoms with Crippen molar-refractivity contribution in [2.24, 2.45) is 0 Å². The molecule has 2 fully saturated rings. The van der Waals surface area contributed by atoms with Crippen LogP contribution in [0.5, 0.6) is 5.75 Å². The van der Waals surface area contributed by atoms with Gasteiger partial charge in [-0.05, 0) is 51.8 Å². The number of phenolic OH excluding ortho intramolecular Hbond substituents is 1. The van der Waals surface area contributed by atoms with Crippen LogP contribution in [0.15, 0.2) is 30.6 Å². The van der Waals surface area contributed by atoms with E-state index >= 15 is 0 Å². The Bertz CT molecular complexity index is 1080. The predicted octanol–water partition coefficient (Wildman–Crippen LogP) is 3.27. The molecule has 1 saturated carbocycles. The van der Waals surface area contributed by atoms with Crippen LogP contribution in [-0.2, 0) is 0 Å². The van der Waals surface area contributed by atoms with E-state index < -0.39 is 0 Å². The number of hydrogen-bond acceptors (Lipinski definition) is 6. The van der Waals surface area contributed by atoms with Crippen LogP contribution in [0.4, 0.5) is 5.69 Å². The van der Waals surface area contributed by atoms with Crippen LogP contribution in [0.25, 0.3) is 16.8 Å². The molecule has 0 spiro atoms. The lowest BCUT2D eigenvalue weighted by molar-refractivity contribution is 0.0872. The van der Waals surface area contributed by atoms with Gasteiger partial charge in [-0.25, -0.2) is 4.98 Å². The smallest absolute Gasteiger partial charge is 0.139 e. The number of hydrogen-bond donors (Lipinski definition) is 2. The van der Waals surface area contributed by atoms with Gasteiger partial charge >= 0.3 is 0 Å². The fraction of sp³-hybridized carbons (Fsp3) is 0.500. The Labute approximate surface area is 183 Å². The molecule has 7 heteroatoms. The molecule has 2 aliphatic rings. The van der Waals surface area contributed by atoms with Crippen molar-refractivity contribution in [1.29, 1.82) is 0 Å². The fourth-order valence-electron chi connectivity index (χ4n) is 5.29. The summed E-state index contributed by atoms with van der Waals surface area (Å²) in [5, 5.41) is 10.1. The number of imidazole rings is 1. The van der Waals surface area contributed by atoms with Crippen LogP contribution in [0.2, 0.25) is 0 Å². The number of piperazine rings is 1. The van der Waals surface area contributed by atoms with Crippen molar-refractivity contribution in [2.45, 2.75) is 44.6 Å². The first-order valence-electron chi connectivity index (χ1n) is 11.4. The largest absolute Gasteiger partial charge is 0.506 e. The SMILES string of the molecule is Cc1nccn2c(C3CCC(N4CCN(C)CC4)CC3)nc(-c3ccc(N)c(O)c3)c12. The molecule has 31 heavy (non-hydrogen) atoms. The molecule has 2 aromatic heterocycles. The van der Waals surface area contributed by atoms with Gasteiger partial charge in [0.2, 0.25) is 0 Å². The lowest BCUT2D eigenvalue weighted by Crippen LogP contribution is -2.49. The second-order valence-corrected chi connectivity index (χ2v) is 9.17. The highest BCUT2D eigenvalue weighted by molar-refractivity contribution is 5.81. The van der Waals surface area contributed by atoms with Crippen molar-refractivity contribution in [1.82, 2.24) is 24.2 Å². The molecule has 3 heterocycles. The summed E-state index contributed by atoms with van der Waals surface area (Å²) < 4.78 is 2.21. The third-order valence-corrected chi connectivity index (χ3v) is 7.18. The molecule has 0 bridgehead atoms. The normalized spacial score (nSPS) is 23.4. The van der Waals surface area contributed by atoms with E-state index in [0.717, 1.165) is 41.1 Å². The summed E-state index contributed by atoms with van der Waals surface area (Å²) in [6.07, 6.45) is 8.65. The predicted molar refractivity (Wildman–Crippen MR) is 123 cm³/mol. The second kappa shape index (κ2) is 8.13. The number of aryl methyl sites for hydroxylation is 1. The minimum atomic E-state index is 0.0921. The molecule has 3 N–H and O–H groups in total. The summed E-state index contributed by atoms with van der Waals surface area (Å²) in [4.78, 5) is 14.7. The van der Waals surface area contributed by atoms with Crippen LogP contribution < -0.4 is 5.73 Å². The maximum atomic E-state index is 10.1. The van der Waals surface area contributed by atoms with Gasteiger partial charge in [-0.1, -0.05) is 6.07 Å². The molecule has 164 valence electrons. The van der Waals surface area contributed by atoms with Crippen molar-refractivity contribution in [2.75, 3.05) is 39.0 Å². The number of phenols is 1. The molecule has 0 unspecified atom stereocenters. The highest BCUT2D eigenvalue weighted by Crippen LogP contribution is 2.38. The maximum Gasteiger partial charge on any atom is 0.139 e. The number of aromatic nitrogens is 3. The number of likely N-dealkylation sites (N-methyl/N-ethyl adjacent to an activating group) is 1. The number of benzene rings is 1. The molecule has 0 atom stereocenters. The van der Waals surface area contributed by atoms with Crippen LogP contribution in [0.3, 0.4) is 0 Å². The molecule has 1 aromatic carbocycles. The van der Waals surface area contributed by atoms with E-state index in [-0.39, 0.29) is 5.75 Å². The number of aromatic hydroxyl groups is 1. The molecular weight excluding hydrogens is 388 g/mol. The van der Waals surface area contributed by atoms with Gasteiger partial charge in [-0.2, -0.15) is 0 Å². The van der Waals surface area contributed by atoms with Crippen molar-refractivity contribution >= 4 is 11.2 Å². The zero-order valence-corrected chi connectivity index (χ0v) is 18.5. The Morgan fingerprint density at radius 3 is 2.52 bits per heavy atom. The summed E-state index contributed by atoms with van der Waals surface area (Å²) in [7, 11) is 2.22. The molecule has 3 aromatic rings. The van der Waals surface area contributed by atoms with E-state index in [1.807, 2.05) is 25.4 Å². The number of nitrogen functional groups attached to an aromatic ring is 1. The summed E-state index contributed by atoms with van der Waals surface area (Å²) in [5.41, 5.74) is 9.90. The lowest BCUT2D eigenvalue weighted by Gasteiger charge is -2.41. The molecule has 0 radical (unpaired) electrons. The van der Waals surface area contributed by atoms with Gasteiger partial charge in [0.05, 0.1) is 22.6 Å². The van der Waals surface area contributed by atoms with Crippen molar-refractivity contribution in [3.8, 4) is 17.0 Å².